The number of anilines is 1. The summed E-state index contributed by atoms with van der Waals surface area (Å²) in [5, 5.41) is 14.0. The SMILES string of the molecule is C=CCOC(=O)Nc1ccc(C(=O)CCC(=O)C2CCc3cc(-c4cc(Cl)ccc4-n4cnnn4)cc(=O)n32)c(F)n1. The molecule has 1 aromatic carbocycles. The van der Waals surface area contributed by atoms with Gasteiger partial charge in [-0.1, -0.05) is 24.3 Å². The Bertz CT molecular complexity index is 1760. The molecule has 0 aliphatic carbocycles. The van der Waals surface area contributed by atoms with Crippen molar-refractivity contribution in [2.24, 2.45) is 0 Å². The quantitative estimate of drug-likeness (QED) is 0.163. The van der Waals surface area contributed by atoms with Crippen LogP contribution in [0.25, 0.3) is 16.8 Å². The van der Waals surface area contributed by atoms with E-state index in [0.717, 1.165) is 0 Å². The van der Waals surface area contributed by atoms with E-state index in [4.69, 9.17) is 16.3 Å². The number of ether oxygens (including phenoxy) is 1. The van der Waals surface area contributed by atoms with Crippen LogP contribution in [0.1, 0.15) is 41.4 Å². The number of carbonyl (C=O) groups excluding carboxylic acids is 3. The van der Waals surface area contributed by atoms with Crippen LogP contribution < -0.4 is 10.9 Å². The molecule has 0 saturated heterocycles. The molecule has 1 aliphatic heterocycles. The van der Waals surface area contributed by atoms with Crippen LogP contribution in [0, 0.1) is 5.95 Å². The van der Waals surface area contributed by atoms with Crippen LogP contribution in [0.3, 0.4) is 0 Å². The van der Waals surface area contributed by atoms with Crippen molar-refractivity contribution in [2.45, 2.75) is 31.7 Å². The Labute approximate surface area is 242 Å². The van der Waals surface area contributed by atoms with Crippen LogP contribution in [0.15, 0.2) is 66.2 Å². The lowest BCUT2D eigenvalue weighted by Crippen LogP contribution is -2.27. The molecule has 0 saturated carbocycles. The van der Waals surface area contributed by atoms with E-state index >= 15 is 0 Å². The summed E-state index contributed by atoms with van der Waals surface area (Å²) in [5.41, 5.74) is 1.82. The molecule has 1 unspecified atom stereocenters. The lowest BCUT2D eigenvalue weighted by Gasteiger charge is -2.15. The summed E-state index contributed by atoms with van der Waals surface area (Å²) in [6.45, 7) is 3.38. The van der Waals surface area contributed by atoms with Crippen LogP contribution in [-0.4, -0.2) is 54.0 Å². The highest BCUT2D eigenvalue weighted by Crippen LogP contribution is 2.33. The number of Topliss-reactive ketones (excluding diaryl/α,β-unsaturated/α-hetero) is 2. The molecular formula is C28H23ClFN7O5. The topological polar surface area (TPSA) is 151 Å². The zero-order chi connectivity index (χ0) is 29.8. The first-order chi connectivity index (χ1) is 20.2. The number of carbonyl (C=O) groups is 3. The smallest absolute Gasteiger partial charge is 0.413 e. The van der Waals surface area contributed by atoms with E-state index in [1.807, 2.05) is 6.07 Å². The third-order valence-corrected chi connectivity index (χ3v) is 6.92. The van der Waals surface area contributed by atoms with Crippen LogP contribution in [0.4, 0.5) is 15.0 Å². The predicted molar refractivity (Wildman–Crippen MR) is 149 cm³/mol. The standard InChI is InChI=1S/C28H23ClFN7O5/c1-2-11-42-28(41)33-25-10-5-19(27(30)32-25)23(38)8-9-24(39)22-7-4-18-12-16(13-26(40)37(18)22)20-14-17(29)3-6-21(20)36-15-31-34-35-36/h2-3,5-6,10,12-15,22H,1,4,7-9,11H2,(H,32,33,41). The van der Waals surface area contributed by atoms with Gasteiger partial charge < -0.3 is 9.30 Å². The number of nitrogens with zero attached hydrogens (tertiary/aromatic N) is 6. The fourth-order valence-corrected chi connectivity index (χ4v) is 4.96. The van der Waals surface area contributed by atoms with E-state index in [1.165, 1.54) is 39.9 Å². The number of hydrogen-bond donors (Lipinski definition) is 1. The first kappa shape index (κ1) is 28.5. The van der Waals surface area contributed by atoms with Crippen molar-refractivity contribution in [3.63, 3.8) is 0 Å². The first-order valence-electron chi connectivity index (χ1n) is 12.8. The van der Waals surface area contributed by atoms with Crippen molar-refractivity contribution in [3.05, 3.63) is 94.0 Å². The summed E-state index contributed by atoms with van der Waals surface area (Å²) in [6, 6.07) is 10.1. The molecule has 1 atom stereocenters. The van der Waals surface area contributed by atoms with E-state index in [0.29, 0.717) is 40.4 Å². The number of hydrogen-bond acceptors (Lipinski definition) is 9. The molecule has 12 nitrogen and oxygen atoms in total. The minimum Gasteiger partial charge on any atom is -0.445 e. The normalized spacial score (nSPS) is 13.8. The third kappa shape index (κ3) is 6.00. The van der Waals surface area contributed by atoms with Crippen LogP contribution in [0.2, 0.25) is 5.02 Å². The number of ketones is 2. The number of pyridine rings is 2. The van der Waals surface area contributed by atoms with Gasteiger partial charge >= 0.3 is 6.09 Å². The van der Waals surface area contributed by atoms with Crippen LogP contribution in [0.5, 0.6) is 0 Å². The van der Waals surface area contributed by atoms with Crippen molar-refractivity contribution >= 4 is 35.1 Å². The molecule has 14 heteroatoms. The molecule has 4 heterocycles. The Morgan fingerprint density at radius 3 is 2.74 bits per heavy atom. The molecule has 0 radical (unpaired) electrons. The number of benzene rings is 1. The third-order valence-electron chi connectivity index (χ3n) is 6.68. The van der Waals surface area contributed by atoms with Crippen molar-refractivity contribution in [3.8, 4) is 16.8 Å². The van der Waals surface area contributed by atoms with Gasteiger partial charge in [0.1, 0.15) is 18.8 Å². The van der Waals surface area contributed by atoms with Crippen LogP contribution >= 0.6 is 11.6 Å². The molecule has 42 heavy (non-hydrogen) atoms. The molecule has 0 bridgehead atoms. The average Bonchev–Trinajstić information content (AvgIpc) is 3.66. The van der Waals surface area contributed by atoms with Gasteiger partial charge in [-0.25, -0.2) is 9.78 Å². The number of aromatic nitrogens is 6. The van der Waals surface area contributed by atoms with Gasteiger partial charge in [0.15, 0.2) is 11.6 Å². The Morgan fingerprint density at radius 2 is 2.00 bits per heavy atom. The molecule has 0 fully saturated rings. The molecule has 4 aromatic rings. The fourth-order valence-electron chi connectivity index (χ4n) is 4.79. The second-order valence-corrected chi connectivity index (χ2v) is 9.79. The van der Waals surface area contributed by atoms with Gasteiger partial charge in [0.05, 0.1) is 17.3 Å². The van der Waals surface area contributed by atoms with Crippen molar-refractivity contribution in [1.29, 1.82) is 0 Å². The summed E-state index contributed by atoms with van der Waals surface area (Å²) < 4.78 is 22.1. The maximum absolute atomic E-state index is 14.5. The van der Waals surface area contributed by atoms with Crippen molar-refractivity contribution < 1.29 is 23.5 Å². The fraction of sp³-hybridized carbons (Fsp3) is 0.214. The Kier molecular flexibility index (Phi) is 8.29. The van der Waals surface area contributed by atoms with Crippen molar-refractivity contribution in [2.75, 3.05) is 11.9 Å². The van der Waals surface area contributed by atoms with Crippen LogP contribution in [-0.2, 0) is 16.0 Å². The van der Waals surface area contributed by atoms with Crippen molar-refractivity contribution in [1.82, 2.24) is 29.8 Å². The molecule has 1 amide bonds. The van der Waals surface area contributed by atoms with Gasteiger partial charge in [-0.2, -0.15) is 9.07 Å². The van der Waals surface area contributed by atoms with E-state index in [9.17, 15) is 23.6 Å². The van der Waals surface area contributed by atoms with E-state index < -0.39 is 23.9 Å². The largest absolute Gasteiger partial charge is 0.445 e. The summed E-state index contributed by atoms with van der Waals surface area (Å²) in [6.07, 6.45) is 2.33. The number of rotatable bonds is 10. The molecule has 3 aromatic heterocycles. The number of aryl methyl sites for hydroxylation is 1. The predicted octanol–water partition coefficient (Wildman–Crippen LogP) is 4.13. The summed E-state index contributed by atoms with van der Waals surface area (Å²) in [5.74, 6) is -2.18. The molecule has 1 N–H and O–H groups in total. The van der Waals surface area contributed by atoms with E-state index in [2.05, 4.69) is 32.4 Å². The second-order valence-electron chi connectivity index (χ2n) is 9.35. The highest BCUT2D eigenvalue weighted by molar-refractivity contribution is 6.31. The Morgan fingerprint density at radius 1 is 1.17 bits per heavy atom. The number of nitrogens with one attached hydrogen (secondary N) is 1. The Balaban J connectivity index is 1.28. The van der Waals surface area contributed by atoms with E-state index in [-0.39, 0.29) is 42.2 Å². The number of amides is 1. The van der Waals surface area contributed by atoms with Gasteiger partial charge in [0.2, 0.25) is 5.95 Å². The molecule has 5 rings (SSSR count). The minimum atomic E-state index is -1.09. The molecule has 214 valence electrons. The number of tetrazole rings is 1. The molecular weight excluding hydrogens is 569 g/mol. The summed E-state index contributed by atoms with van der Waals surface area (Å²) >= 11 is 6.24. The minimum absolute atomic E-state index is 0.0393. The monoisotopic (exact) mass is 591 g/mol. The maximum atomic E-state index is 14.5. The average molecular weight is 592 g/mol. The summed E-state index contributed by atoms with van der Waals surface area (Å²) in [7, 11) is 0. The lowest BCUT2D eigenvalue weighted by molar-refractivity contribution is -0.122. The highest BCUT2D eigenvalue weighted by atomic mass is 35.5. The highest BCUT2D eigenvalue weighted by Gasteiger charge is 2.30. The molecule has 1 aliphatic rings. The first-order valence-corrected chi connectivity index (χ1v) is 13.2. The molecule has 0 spiro atoms. The number of halogens is 2. The second kappa shape index (κ2) is 12.2. The maximum Gasteiger partial charge on any atom is 0.413 e. The van der Waals surface area contributed by atoms with Gasteiger partial charge in [-0.15, -0.1) is 5.10 Å². The van der Waals surface area contributed by atoms with Gasteiger partial charge in [0.25, 0.3) is 5.56 Å². The van der Waals surface area contributed by atoms with Gasteiger partial charge in [-0.3, -0.25) is 19.7 Å². The number of fused-ring (bicyclic) bond motifs is 1. The van der Waals surface area contributed by atoms with Gasteiger partial charge in [0, 0.05) is 35.2 Å². The Hall–Kier alpha value is -5.04. The van der Waals surface area contributed by atoms with Gasteiger partial charge in [-0.05, 0) is 65.2 Å². The zero-order valence-corrected chi connectivity index (χ0v) is 22.8. The van der Waals surface area contributed by atoms with E-state index in [1.54, 1.807) is 18.2 Å². The summed E-state index contributed by atoms with van der Waals surface area (Å²) in [4.78, 5) is 54.2. The lowest BCUT2D eigenvalue weighted by atomic mass is 10.0. The zero-order valence-electron chi connectivity index (χ0n) is 22.0.